The molecule has 0 bridgehead atoms. The molecule has 14 heteroatoms. The molecular weight excluding hydrogens is 510 g/mol. The van der Waals surface area contributed by atoms with E-state index in [9.17, 15) is 20.1 Å². The number of pyridine rings is 1. The van der Waals surface area contributed by atoms with Gasteiger partial charge in [0.2, 0.25) is 5.91 Å². The first-order chi connectivity index (χ1) is 17.3. The van der Waals surface area contributed by atoms with E-state index in [4.69, 9.17) is 26.4 Å². The van der Waals surface area contributed by atoms with Crippen LogP contribution < -0.4 is 16.0 Å². The van der Waals surface area contributed by atoms with Crippen molar-refractivity contribution in [3.05, 3.63) is 18.2 Å². The van der Waals surface area contributed by atoms with Crippen LogP contribution >= 0.6 is 24.4 Å². The zero-order valence-electron chi connectivity index (χ0n) is 20.0. The SMILES string of the molecule is CC(=O)NC1[C@@H](O)C(O)C(CO)C[C@H]1OCCOCCOCCNC(=S)Nc1cccc(N=C=S)n1. The molecule has 1 amide bonds. The standard InChI is InChI=1S/C22H33N5O7S2/c1-14(29)25-19-16(11-15(12-28)20(30)21(19)31)34-10-9-33-8-7-32-6-5-23-22(36)27-18-4-2-3-17(26-18)24-13-35/h2-4,15-16,19-21,28,30-31H,5-12H2,1H3,(H,25,29)(H2,23,26,27,36)/t15?,16-,19?,20?,21-/m1/s1. The second-order valence-electron chi connectivity index (χ2n) is 7.98. The summed E-state index contributed by atoms with van der Waals surface area (Å²) < 4.78 is 16.8. The number of aliphatic hydroxyl groups is 3. The van der Waals surface area contributed by atoms with E-state index in [1.165, 1.54) is 6.92 Å². The highest BCUT2D eigenvalue weighted by Crippen LogP contribution is 2.27. The van der Waals surface area contributed by atoms with Crippen LogP contribution in [0.3, 0.4) is 0 Å². The highest BCUT2D eigenvalue weighted by atomic mass is 32.1. The molecule has 0 saturated heterocycles. The van der Waals surface area contributed by atoms with E-state index in [0.29, 0.717) is 49.5 Å². The van der Waals surface area contributed by atoms with Gasteiger partial charge in [0.15, 0.2) is 10.9 Å². The van der Waals surface area contributed by atoms with Gasteiger partial charge in [0.25, 0.3) is 0 Å². The van der Waals surface area contributed by atoms with Gasteiger partial charge in [-0.15, -0.1) is 0 Å². The molecule has 0 aliphatic heterocycles. The van der Waals surface area contributed by atoms with Gasteiger partial charge in [-0.25, -0.2) is 4.98 Å². The van der Waals surface area contributed by atoms with Crippen molar-refractivity contribution in [1.82, 2.24) is 15.6 Å². The average molecular weight is 544 g/mol. The lowest BCUT2D eigenvalue weighted by atomic mass is 9.79. The van der Waals surface area contributed by atoms with E-state index in [2.05, 4.69) is 43.3 Å². The van der Waals surface area contributed by atoms with Gasteiger partial charge < -0.3 is 45.5 Å². The van der Waals surface area contributed by atoms with Crippen molar-refractivity contribution >= 4 is 52.3 Å². The molecule has 6 N–H and O–H groups in total. The van der Waals surface area contributed by atoms with Crippen molar-refractivity contribution in [2.75, 3.05) is 51.5 Å². The Morgan fingerprint density at radius 2 is 1.92 bits per heavy atom. The first kappa shape index (κ1) is 30.1. The molecule has 1 aromatic rings. The van der Waals surface area contributed by atoms with Crippen LogP contribution in [-0.4, -0.2) is 107 Å². The van der Waals surface area contributed by atoms with E-state index < -0.39 is 30.3 Å². The predicted octanol–water partition coefficient (Wildman–Crippen LogP) is -0.241. The van der Waals surface area contributed by atoms with Crippen LogP contribution in [0, 0.1) is 5.92 Å². The number of aromatic nitrogens is 1. The van der Waals surface area contributed by atoms with Crippen LogP contribution in [0.5, 0.6) is 0 Å². The number of thiocarbonyl (C=S) groups is 2. The summed E-state index contributed by atoms with van der Waals surface area (Å²) in [4.78, 5) is 19.5. The number of carbonyl (C=O) groups excluding carboxylic acids is 1. The highest BCUT2D eigenvalue weighted by molar-refractivity contribution is 7.80. The van der Waals surface area contributed by atoms with Crippen LogP contribution in [0.25, 0.3) is 0 Å². The molecule has 0 radical (unpaired) electrons. The first-order valence-electron chi connectivity index (χ1n) is 11.5. The van der Waals surface area contributed by atoms with Gasteiger partial charge in [-0.3, -0.25) is 4.79 Å². The molecule has 1 heterocycles. The Bertz CT molecular complexity index is 890. The largest absolute Gasteiger partial charge is 0.396 e. The normalized spacial score (nSPS) is 23.4. The minimum Gasteiger partial charge on any atom is -0.396 e. The Morgan fingerprint density at radius 3 is 2.61 bits per heavy atom. The molecule has 5 atom stereocenters. The maximum Gasteiger partial charge on any atom is 0.217 e. The van der Waals surface area contributed by atoms with Gasteiger partial charge in [0.1, 0.15) is 11.9 Å². The van der Waals surface area contributed by atoms with Crippen LogP contribution in [0.1, 0.15) is 13.3 Å². The van der Waals surface area contributed by atoms with E-state index in [1.807, 2.05) is 0 Å². The van der Waals surface area contributed by atoms with Crippen molar-refractivity contribution in [2.24, 2.45) is 10.9 Å². The Kier molecular flexibility index (Phi) is 13.9. The third-order valence-electron chi connectivity index (χ3n) is 5.34. The number of aliphatic hydroxyl groups excluding tert-OH is 3. The molecule has 1 aliphatic rings. The first-order valence-corrected chi connectivity index (χ1v) is 12.3. The summed E-state index contributed by atoms with van der Waals surface area (Å²) in [5.41, 5.74) is 0. The summed E-state index contributed by atoms with van der Waals surface area (Å²) in [6.07, 6.45) is -2.63. The molecule has 1 aromatic heterocycles. The van der Waals surface area contributed by atoms with Crippen molar-refractivity contribution < 1.29 is 34.3 Å². The van der Waals surface area contributed by atoms with Gasteiger partial charge in [-0.05, 0) is 43.0 Å². The minimum atomic E-state index is -1.23. The topological polar surface area (TPSA) is 167 Å². The van der Waals surface area contributed by atoms with Gasteiger partial charge in [0, 0.05) is 26.0 Å². The quantitative estimate of drug-likeness (QED) is 0.104. The number of nitrogens with zero attached hydrogens (tertiary/aromatic N) is 2. The van der Waals surface area contributed by atoms with Crippen molar-refractivity contribution in [1.29, 1.82) is 0 Å². The van der Waals surface area contributed by atoms with Gasteiger partial charge >= 0.3 is 0 Å². The second kappa shape index (κ2) is 16.6. The van der Waals surface area contributed by atoms with Crippen LogP contribution in [0.4, 0.5) is 11.6 Å². The van der Waals surface area contributed by atoms with E-state index in [-0.39, 0.29) is 25.7 Å². The number of isothiocyanates is 1. The fourth-order valence-corrected chi connectivity index (χ4v) is 3.94. The third kappa shape index (κ3) is 10.5. The Hall–Kier alpha value is -2.13. The molecule has 0 spiro atoms. The average Bonchev–Trinajstić information content (AvgIpc) is 2.84. The predicted molar refractivity (Wildman–Crippen MR) is 139 cm³/mol. The lowest BCUT2D eigenvalue weighted by Gasteiger charge is -2.42. The fraction of sp³-hybridized carbons (Fsp3) is 0.636. The number of aliphatic imine (C=N–C) groups is 1. The minimum absolute atomic E-state index is 0.216. The van der Waals surface area contributed by atoms with Crippen molar-refractivity contribution in [2.45, 2.75) is 37.7 Å². The molecule has 1 fully saturated rings. The zero-order valence-corrected chi connectivity index (χ0v) is 21.6. The summed E-state index contributed by atoms with van der Waals surface area (Å²) in [5, 5.41) is 41.1. The number of hydrogen-bond donors (Lipinski definition) is 6. The number of nitrogens with one attached hydrogen (secondary N) is 3. The van der Waals surface area contributed by atoms with E-state index in [0.717, 1.165) is 0 Å². The zero-order chi connectivity index (χ0) is 26.3. The number of hydrogen-bond acceptors (Lipinski definition) is 11. The summed E-state index contributed by atoms with van der Waals surface area (Å²) in [6.45, 7) is 3.15. The van der Waals surface area contributed by atoms with Gasteiger partial charge in [-0.2, -0.15) is 4.99 Å². The number of carbonyl (C=O) groups is 1. The lowest BCUT2D eigenvalue weighted by Crippen LogP contribution is -2.61. The van der Waals surface area contributed by atoms with Gasteiger partial charge in [-0.1, -0.05) is 6.07 Å². The molecule has 12 nitrogen and oxygen atoms in total. The fourth-order valence-electron chi connectivity index (χ4n) is 3.64. The summed E-state index contributed by atoms with van der Waals surface area (Å²) in [6, 6.07) is 4.45. The molecule has 3 unspecified atom stereocenters. The Morgan fingerprint density at radius 1 is 1.19 bits per heavy atom. The smallest absolute Gasteiger partial charge is 0.217 e. The van der Waals surface area contributed by atoms with Crippen LogP contribution in [0.2, 0.25) is 0 Å². The van der Waals surface area contributed by atoms with E-state index >= 15 is 0 Å². The molecule has 2 rings (SSSR count). The molecule has 200 valence electrons. The lowest BCUT2D eigenvalue weighted by molar-refractivity contribution is -0.145. The van der Waals surface area contributed by atoms with Gasteiger partial charge in [0.05, 0.1) is 56.4 Å². The van der Waals surface area contributed by atoms with Crippen LogP contribution in [0.15, 0.2) is 23.2 Å². The van der Waals surface area contributed by atoms with Crippen molar-refractivity contribution in [3.8, 4) is 0 Å². The highest BCUT2D eigenvalue weighted by Gasteiger charge is 2.44. The number of amides is 1. The summed E-state index contributed by atoms with van der Waals surface area (Å²) in [7, 11) is 0. The second-order valence-corrected chi connectivity index (χ2v) is 8.58. The summed E-state index contributed by atoms with van der Waals surface area (Å²) in [5.74, 6) is 0.0879. The van der Waals surface area contributed by atoms with E-state index in [1.54, 1.807) is 18.2 Å². The molecule has 36 heavy (non-hydrogen) atoms. The maximum absolute atomic E-state index is 11.5. The van der Waals surface area contributed by atoms with Crippen LogP contribution in [-0.2, 0) is 19.0 Å². The molecule has 0 aromatic carbocycles. The number of rotatable bonds is 14. The van der Waals surface area contributed by atoms with Crippen molar-refractivity contribution in [3.63, 3.8) is 0 Å². The maximum atomic E-state index is 11.5. The number of ether oxygens (including phenoxy) is 3. The summed E-state index contributed by atoms with van der Waals surface area (Å²) >= 11 is 9.78. The number of anilines is 1. The monoisotopic (exact) mass is 543 g/mol. The molecular formula is C22H33N5O7S2. The Balaban J connectivity index is 1.55. The Labute approximate surface area is 220 Å². The molecule has 1 aliphatic carbocycles. The third-order valence-corrected chi connectivity index (χ3v) is 5.68. The molecule has 1 saturated carbocycles.